The lowest BCUT2D eigenvalue weighted by molar-refractivity contribution is -0.152. The van der Waals surface area contributed by atoms with Gasteiger partial charge in [-0.2, -0.15) is 0 Å². The second-order valence-corrected chi connectivity index (χ2v) is 4.61. The molecule has 0 amide bonds. The molecule has 3 heteroatoms. The van der Waals surface area contributed by atoms with E-state index in [2.05, 4.69) is 0 Å². The van der Waals surface area contributed by atoms with E-state index in [9.17, 15) is 4.79 Å². The molecule has 0 aliphatic carbocycles. The molecule has 0 aromatic heterocycles. The van der Waals surface area contributed by atoms with E-state index in [4.69, 9.17) is 10.5 Å². The van der Waals surface area contributed by atoms with E-state index in [1.165, 1.54) is 7.11 Å². The lowest BCUT2D eigenvalue weighted by Crippen LogP contribution is -2.37. The minimum Gasteiger partial charge on any atom is -0.469 e. The minimum atomic E-state index is -0.720. The number of methoxy groups -OCH3 is 1. The van der Waals surface area contributed by atoms with Crippen molar-refractivity contribution in [1.82, 2.24) is 0 Å². The molecule has 2 N–H and O–H groups in total. The van der Waals surface area contributed by atoms with Gasteiger partial charge in [-0.15, -0.1) is 0 Å². The highest BCUT2D eigenvalue weighted by atomic mass is 16.5. The highest BCUT2D eigenvalue weighted by molar-refractivity contribution is 5.77. The van der Waals surface area contributed by atoms with Crippen molar-refractivity contribution in [2.75, 3.05) is 7.11 Å². The number of aryl methyl sites for hydroxylation is 1. The van der Waals surface area contributed by atoms with Crippen LogP contribution in [0.25, 0.3) is 0 Å². The number of rotatable bonds is 3. The molecule has 0 aliphatic rings. The first-order valence-electron chi connectivity index (χ1n) is 5.30. The van der Waals surface area contributed by atoms with Gasteiger partial charge in [-0.05, 0) is 26.3 Å². The molecule has 16 heavy (non-hydrogen) atoms. The van der Waals surface area contributed by atoms with Crippen LogP contribution >= 0.6 is 0 Å². The van der Waals surface area contributed by atoms with Gasteiger partial charge in [-0.1, -0.05) is 29.8 Å². The second kappa shape index (κ2) is 4.66. The Hall–Kier alpha value is -1.35. The summed E-state index contributed by atoms with van der Waals surface area (Å²) in [7, 11) is 1.38. The number of hydrogen-bond donors (Lipinski definition) is 1. The van der Waals surface area contributed by atoms with Crippen LogP contribution in [-0.4, -0.2) is 13.1 Å². The molecule has 0 unspecified atom stereocenters. The van der Waals surface area contributed by atoms with Crippen LogP contribution in [0.3, 0.4) is 0 Å². The number of esters is 1. The molecule has 88 valence electrons. The van der Waals surface area contributed by atoms with Gasteiger partial charge >= 0.3 is 5.97 Å². The second-order valence-electron chi connectivity index (χ2n) is 4.61. The normalized spacial score (nSPS) is 13.3. The van der Waals surface area contributed by atoms with Gasteiger partial charge in [0.1, 0.15) is 0 Å². The predicted octanol–water partition coefficient (Wildman–Crippen LogP) is 2.19. The summed E-state index contributed by atoms with van der Waals surface area (Å²) in [5, 5.41) is 0. The van der Waals surface area contributed by atoms with Crippen LogP contribution in [-0.2, 0) is 9.53 Å². The van der Waals surface area contributed by atoms with Gasteiger partial charge in [-0.25, -0.2) is 0 Å². The smallest absolute Gasteiger partial charge is 0.313 e. The topological polar surface area (TPSA) is 52.3 Å². The van der Waals surface area contributed by atoms with Crippen LogP contribution in [0.4, 0.5) is 0 Å². The van der Waals surface area contributed by atoms with E-state index < -0.39 is 5.41 Å². The van der Waals surface area contributed by atoms with Crippen molar-refractivity contribution in [2.24, 2.45) is 11.1 Å². The monoisotopic (exact) mass is 221 g/mol. The molecule has 3 nitrogen and oxygen atoms in total. The molecule has 0 saturated carbocycles. The molecular weight excluding hydrogens is 202 g/mol. The third-order valence-corrected chi connectivity index (χ3v) is 2.89. The first-order chi connectivity index (χ1) is 7.39. The lowest BCUT2D eigenvalue weighted by Gasteiger charge is -2.29. The lowest BCUT2D eigenvalue weighted by atomic mass is 9.81. The molecule has 0 aliphatic heterocycles. The van der Waals surface area contributed by atoms with Crippen LogP contribution < -0.4 is 5.73 Å². The third kappa shape index (κ3) is 2.42. The number of nitrogens with two attached hydrogens (primary N) is 1. The summed E-state index contributed by atoms with van der Waals surface area (Å²) in [5.41, 5.74) is 7.48. The van der Waals surface area contributed by atoms with Crippen LogP contribution in [0.2, 0.25) is 0 Å². The molecular formula is C13H19NO2. The Morgan fingerprint density at radius 1 is 1.44 bits per heavy atom. The highest BCUT2D eigenvalue weighted by Crippen LogP contribution is 2.32. The van der Waals surface area contributed by atoms with Gasteiger partial charge in [-0.3, -0.25) is 4.79 Å². The van der Waals surface area contributed by atoms with Gasteiger partial charge in [0.15, 0.2) is 0 Å². The van der Waals surface area contributed by atoms with E-state index in [0.29, 0.717) is 0 Å². The van der Waals surface area contributed by atoms with Gasteiger partial charge < -0.3 is 10.5 Å². The van der Waals surface area contributed by atoms with E-state index in [1.807, 2.05) is 31.2 Å². The van der Waals surface area contributed by atoms with Crippen LogP contribution in [0.1, 0.15) is 31.0 Å². The average Bonchev–Trinajstić information content (AvgIpc) is 2.26. The van der Waals surface area contributed by atoms with Gasteiger partial charge in [0, 0.05) is 6.04 Å². The maximum absolute atomic E-state index is 11.6. The van der Waals surface area contributed by atoms with E-state index in [0.717, 1.165) is 11.1 Å². The Balaban J connectivity index is 3.01. The van der Waals surface area contributed by atoms with Crippen molar-refractivity contribution in [2.45, 2.75) is 26.8 Å². The summed E-state index contributed by atoms with van der Waals surface area (Å²) >= 11 is 0. The van der Waals surface area contributed by atoms with E-state index in [-0.39, 0.29) is 12.0 Å². The summed E-state index contributed by atoms with van der Waals surface area (Å²) < 4.78 is 4.77. The van der Waals surface area contributed by atoms with Crippen molar-refractivity contribution < 1.29 is 9.53 Å². The number of carbonyl (C=O) groups excluding carboxylic acids is 1. The number of hydrogen-bond acceptors (Lipinski definition) is 3. The molecule has 0 saturated heterocycles. The summed E-state index contributed by atoms with van der Waals surface area (Å²) in [4.78, 5) is 11.6. The standard InChI is InChI=1S/C13H19NO2/c1-9-6-5-7-10(8-9)11(14)13(2,3)12(15)16-4/h5-8,11H,14H2,1-4H3/t11-/m0/s1. The number of benzene rings is 1. The third-order valence-electron chi connectivity index (χ3n) is 2.89. The Labute approximate surface area is 96.6 Å². The zero-order valence-electron chi connectivity index (χ0n) is 10.3. The first kappa shape index (κ1) is 12.7. The Bertz CT molecular complexity index is 385. The predicted molar refractivity (Wildman–Crippen MR) is 63.9 cm³/mol. The minimum absolute atomic E-state index is 0.290. The maximum atomic E-state index is 11.6. The molecule has 1 atom stereocenters. The summed E-state index contributed by atoms with van der Waals surface area (Å²) in [6.45, 7) is 5.60. The van der Waals surface area contributed by atoms with Gasteiger partial charge in [0.25, 0.3) is 0 Å². The fraction of sp³-hybridized carbons (Fsp3) is 0.462. The molecule has 1 aromatic carbocycles. The van der Waals surface area contributed by atoms with Crippen molar-refractivity contribution in [3.05, 3.63) is 35.4 Å². The van der Waals surface area contributed by atoms with Crippen LogP contribution in [0, 0.1) is 12.3 Å². The van der Waals surface area contributed by atoms with E-state index in [1.54, 1.807) is 13.8 Å². The van der Waals surface area contributed by atoms with E-state index >= 15 is 0 Å². The molecule has 0 radical (unpaired) electrons. The van der Waals surface area contributed by atoms with Crippen molar-refractivity contribution in [3.8, 4) is 0 Å². The summed E-state index contributed by atoms with van der Waals surface area (Å²) in [6.07, 6.45) is 0. The SMILES string of the molecule is COC(=O)C(C)(C)[C@@H](N)c1cccc(C)c1. The zero-order chi connectivity index (χ0) is 12.3. The number of carbonyl (C=O) groups is 1. The van der Waals surface area contributed by atoms with Crippen molar-refractivity contribution in [3.63, 3.8) is 0 Å². The molecule has 0 spiro atoms. The first-order valence-corrected chi connectivity index (χ1v) is 5.30. The zero-order valence-corrected chi connectivity index (χ0v) is 10.3. The summed E-state index contributed by atoms with van der Waals surface area (Å²) in [6, 6.07) is 7.51. The Morgan fingerprint density at radius 2 is 2.06 bits per heavy atom. The fourth-order valence-corrected chi connectivity index (χ4v) is 1.67. The molecule has 0 heterocycles. The fourth-order valence-electron chi connectivity index (χ4n) is 1.67. The average molecular weight is 221 g/mol. The van der Waals surface area contributed by atoms with Gasteiger partial charge in [0.2, 0.25) is 0 Å². The van der Waals surface area contributed by atoms with Crippen molar-refractivity contribution >= 4 is 5.97 Å². The molecule has 0 bridgehead atoms. The molecule has 1 aromatic rings. The molecule has 0 fully saturated rings. The summed E-state index contributed by atoms with van der Waals surface area (Å²) in [5.74, 6) is -0.290. The Kier molecular flexibility index (Phi) is 3.70. The number of ether oxygens (including phenoxy) is 1. The molecule has 1 rings (SSSR count). The Morgan fingerprint density at radius 3 is 2.56 bits per heavy atom. The highest BCUT2D eigenvalue weighted by Gasteiger charge is 2.36. The van der Waals surface area contributed by atoms with Crippen LogP contribution in [0.15, 0.2) is 24.3 Å². The maximum Gasteiger partial charge on any atom is 0.313 e. The largest absolute Gasteiger partial charge is 0.469 e. The van der Waals surface area contributed by atoms with Gasteiger partial charge in [0.05, 0.1) is 12.5 Å². The quantitative estimate of drug-likeness (QED) is 0.796. The van der Waals surface area contributed by atoms with Crippen LogP contribution in [0.5, 0.6) is 0 Å². The van der Waals surface area contributed by atoms with Crippen molar-refractivity contribution in [1.29, 1.82) is 0 Å².